The van der Waals surface area contributed by atoms with Crippen LogP contribution in [-0.2, 0) is 17.4 Å². The Morgan fingerprint density at radius 3 is 2.57 bits per heavy atom. The van der Waals surface area contributed by atoms with Crippen LogP contribution in [0.15, 0.2) is 53.6 Å². The molecule has 1 N–H and O–H groups in total. The molecule has 0 aromatic heterocycles. The number of nitrogens with one attached hydrogen (secondary N) is 1. The van der Waals surface area contributed by atoms with E-state index in [4.69, 9.17) is 0 Å². The number of hydrazone groups is 1. The maximum absolute atomic E-state index is 13.3. The molecule has 7 heteroatoms. The lowest BCUT2D eigenvalue weighted by Crippen LogP contribution is -2.20. The lowest BCUT2D eigenvalue weighted by Gasteiger charge is -2.08. The second kappa shape index (κ2) is 7.04. The van der Waals surface area contributed by atoms with Gasteiger partial charge in [0.2, 0.25) is 5.91 Å². The Bertz CT molecular complexity index is 726. The summed E-state index contributed by atoms with van der Waals surface area (Å²) in [5.74, 6) is -1.10. The zero-order chi connectivity index (χ0) is 16.9. The molecule has 0 aliphatic heterocycles. The molecule has 2 rings (SSSR count). The number of amides is 1. The predicted molar refractivity (Wildman–Crippen MR) is 77.3 cm³/mol. The number of nitrogens with zero attached hydrogens (tertiary/aromatic N) is 1. The summed E-state index contributed by atoms with van der Waals surface area (Å²) in [4.78, 5) is 11.6. The molecule has 0 aliphatic carbocycles. The Kier molecular flexibility index (Phi) is 5.10. The molecular formula is C16H12F4N2O. The highest BCUT2D eigenvalue weighted by Gasteiger charge is 2.30. The van der Waals surface area contributed by atoms with Gasteiger partial charge in [-0.05, 0) is 17.7 Å². The van der Waals surface area contributed by atoms with Gasteiger partial charge >= 0.3 is 6.18 Å². The molecule has 23 heavy (non-hydrogen) atoms. The fraction of sp³-hybridized carbons (Fsp3) is 0.125. The van der Waals surface area contributed by atoms with Crippen molar-refractivity contribution in [3.63, 3.8) is 0 Å². The van der Waals surface area contributed by atoms with Gasteiger partial charge in [-0.2, -0.15) is 18.3 Å². The van der Waals surface area contributed by atoms with Gasteiger partial charge in [-0.15, -0.1) is 0 Å². The summed E-state index contributed by atoms with van der Waals surface area (Å²) < 4.78 is 51.0. The summed E-state index contributed by atoms with van der Waals surface area (Å²) >= 11 is 0. The van der Waals surface area contributed by atoms with Crippen LogP contribution in [-0.4, -0.2) is 12.1 Å². The van der Waals surface area contributed by atoms with Gasteiger partial charge in [0, 0.05) is 5.56 Å². The van der Waals surface area contributed by atoms with Crippen LogP contribution in [0.5, 0.6) is 0 Å². The van der Waals surface area contributed by atoms with Crippen molar-refractivity contribution in [3.8, 4) is 0 Å². The number of alkyl halides is 3. The molecule has 0 spiro atoms. The van der Waals surface area contributed by atoms with E-state index in [-0.39, 0.29) is 17.5 Å². The number of hydrogen-bond acceptors (Lipinski definition) is 2. The van der Waals surface area contributed by atoms with E-state index >= 15 is 0 Å². The van der Waals surface area contributed by atoms with E-state index in [0.29, 0.717) is 0 Å². The van der Waals surface area contributed by atoms with Crippen molar-refractivity contribution in [1.29, 1.82) is 0 Å². The fourth-order valence-electron chi connectivity index (χ4n) is 1.84. The van der Waals surface area contributed by atoms with E-state index in [1.54, 1.807) is 6.07 Å². The number of halogens is 4. The molecule has 0 heterocycles. The Morgan fingerprint density at radius 1 is 1.13 bits per heavy atom. The average molecular weight is 324 g/mol. The summed E-state index contributed by atoms with van der Waals surface area (Å²) in [5, 5.41) is 3.58. The molecule has 0 saturated carbocycles. The van der Waals surface area contributed by atoms with E-state index < -0.39 is 23.5 Å². The lowest BCUT2D eigenvalue weighted by molar-refractivity contribution is -0.137. The number of rotatable bonds is 4. The van der Waals surface area contributed by atoms with Crippen molar-refractivity contribution in [1.82, 2.24) is 5.43 Å². The van der Waals surface area contributed by atoms with E-state index in [0.717, 1.165) is 18.3 Å². The highest BCUT2D eigenvalue weighted by molar-refractivity contribution is 5.83. The van der Waals surface area contributed by atoms with E-state index in [1.807, 2.05) is 0 Å². The average Bonchev–Trinajstić information content (AvgIpc) is 2.48. The van der Waals surface area contributed by atoms with Gasteiger partial charge in [0.1, 0.15) is 5.82 Å². The minimum Gasteiger partial charge on any atom is -0.273 e. The van der Waals surface area contributed by atoms with Gasteiger partial charge in [0.25, 0.3) is 0 Å². The molecule has 0 fully saturated rings. The molecule has 0 atom stereocenters. The van der Waals surface area contributed by atoms with Gasteiger partial charge in [-0.1, -0.05) is 36.4 Å². The van der Waals surface area contributed by atoms with Gasteiger partial charge < -0.3 is 0 Å². The first-order valence-electron chi connectivity index (χ1n) is 6.59. The third-order valence-electron chi connectivity index (χ3n) is 2.92. The largest absolute Gasteiger partial charge is 0.416 e. The maximum atomic E-state index is 13.3. The second-order valence-corrected chi connectivity index (χ2v) is 4.69. The zero-order valence-corrected chi connectivity index (χ0v) is 11.8. The molecule has 0 unspecified atom stereocenters. The fourth-order valence-corrected chi connectivity index (χ4v) is 1.84. The van der Waals surface area contributed by atoms with Gasteiger partial charge in [-0.3, -0.25) is 4.79 Å². The minimum absolute atomic E-state index is 0.187. The first-order valence-corrected chi connectivity index (χ1v) is 6.59. The number of hydrogen-bond donors (Lipinski definition) is 1. The van der Waals surface area contributed by atoms with Crippen LogP contribution in [0.25, 0.3) is 0 Å². The normalized spacial score (nSPS) is 11.7. The summed E-state index contributed by atoms with van der Waals surface area (Å²) in [6.07, 6.45) is -3.60. The van der Waals surface area contributed by atoms with Crippen molar-refractivity contribution >= 4 is 12.1 Å². The lowest BCUT2D eigenvalue weighted by atomic mass is 10.1. The van der Waals surface area contributed by atoms with Crippen LogP contribution in [0.1, 0.15) is 16.7 Å². The van der Waals surface area contributed by atoms with Crippen LogP contribution in [0.4, 0.5) is 17.6 Å². The van der Waals surface area contributed by atoms with E-state index in [9.17, 15) is 22.4 Å². The quantitative estimate of drug-likeness (QED) is 0.522. The third-order valence-corrected chi connectivity index (χ3v) is 2.92. The standard InChI is InChI=1S/C16H12F4N2O/c17-14-7-2-1-5-12(14)10-21-22-15(23)9-11-4-3-6-13(8-11)16(18,19)20/h1-8,10H,9H2,(H,22,23)/b21-10+. The van der Waals surface area contributed by atoms with Crippen LogP contribution >= 0.6 is 0 Å². The molecule has 0 saturated heterocycles. The topological polar surface area (TPSA) is 41.5 Å². The van der Waals surface area contributed by atoms with Crippen molar-refractivity contribution in [3.05, 3.63) is 71.0 Å². The summed E-state index contributed by atoms with van der Waals surface area (Å²) in [6.45, 7) is 0. The monoisotopic (exact) mass is 324 g/mol. The Hall–Kier alpha value is -2.70. The molecule has 120 valence electrons. The number of carbonyl (C=O) groups is 1. The second-order valence-electron chi connectivity index (χ2n) is 4.69. The van der Waals surface area contributed by atoms with Gasteiger partial charge in [0.05, 0.1) is 18.2 Å². The molecule has 2 aromatic carbocycles. The predicted octanol–water partition coefficient (Wildman–Crippen LogP) is 3.54. The molecular weight excluding hydrogens is 312 g/mol. The highest BCUT2D eigenvalue weighted by Crippen LogP contribution is 2.29. The zero-order valence-electron chi connectivity index (χ0n) is 11.8. The van der Waals surface area contributed by atoms with Gasteiger partial charge in [-0.25, -0.2) is 9.82 Å². The van der Waals surface area contributed by atoms with E-state index in [2.05, 4.69) is 10.5 Å². The smallest absolute Gasteiger partial charge is 0.273 e. The molecule has 0 radical (unpaired) electrons. The van der Waals surface area contributed by atoms with Crippen LogP contribution in [0.2, 0.25) is 0 Å². The van der Waals surface area contributed by atoms with Crippen molar-refractivity contribution < 1.29 is 22.4 Å². The molecule has 0 bridgehead atoms. The molecule has 2 aromatic rings. The number of benzene rings is 2. The SMILES string of the molecule is O=C(Cc1cccc(C(F)(F)F)c1)N/N=C/c1ccccc1F. The highest BCUT2D eigenvalue weighted by atomic mass is 19.4. The maximum Gasteiger partial charge on any atom is 0.416 e. The molecule has 3 nitrogen and oxygen atoms in total. The van der Waals surface area contributed by atoms with Crippen molar-refractivity contribution in [2.45, 2.75) is 12.6 Å². The minimum atomic E-state index is -4.46. The van der Waals surface area contributed by atoms with Crippen LogP contribution in [0.3, 0.4) is 0 Å². The van der Waals surface area contributed by atoms with Crippen LogP contribution < -0.4 is 5.43 Å². The Morgan fingerprint density at radius 2 is 1.87 bits per heavy atom. The summed E-state index contributed by atoms with van der Waals surface area (Å²) in [7, 11) is 0. The van der Waals surface area contributed by atoms with E-state index in [1.165, 1.54) is 30.3 Å². The summed E-state index contributed by atoms with van der Waals surface area (Å²) in [5.41, 5.74) is 1.72. The Balaban J connectivity index is 1.97. The number of carbonyl (C=O) groups excluding carboxylic acids is 1. The summed E-state index contributed by atoms with van der Waals surface area (Å²) in [6, 6.07) is 10.3. The third kappa shape index (κ3) is 4.91. The van der Waals surface area contributed by atoms with Crippen molar-refractivity contribution in [2.24, 2.45) is 5.10 Å². The molecule has 1 amide bonds. The molecule has 0 aliphatic rings. The van der Waals surface area contributed by atoms with Crippen LogP contribution in [0, 0.1) is 5.82 Å². The van der Waals surface area contributed by atoms with Crippen molar-refractivity contribution in [2.75, 3.05) is 0 Å². The Labute approximate surface area is 129 Å². The van der Waals surface area contributed by atoms with Gasteiger partial charge in [0.15, 0.2) is 0 Å². The first kappa shape index (κ1) is 16.7. The first-order chi connectivity index (χ1) is 10.9.